The summed E-state index contributed by atoms with van der Waals surface area (Å²) in [5.41, 5.74) is 0.729. The van der Waals surface area contributed by atoms with Crippen LogP contribution in [0.2, 0.25) is 5.02 Å². The summed E-state index contributed by atoms with van der Waals surface area (Å²) in [5, 5.41) is 13.8. The summed E-state index contributed by atoms with van der Waals surface area (Å²) in [6.07, 6.45) is 5.90. The van der Waals surface area contributed by atoms with Crippen LogP contribution in [0, 0.1) is 6.92 Å². The molecule has 1 fully saturated rings. The summed E-state index contributed by atoms with van der Waals surface area (Å²) in [5.74, 6) is -0.215. The van der Waals surface area contributed by atoms with Crippen LogP contribution in [-0.4, -0.2) is 23.2 Å². The Morgan fingerprint density at radius 2 is 1.95 bits per heavy atom. The molecule has 2 rings (SSSR count). The van der Waals surface area contributed by atoms with E-state index in [0.29, 0.717) is 17.1 Å². The van der Waals surface area contributed by atoms with Crippen LogP contribution in [0.1, 0.15) is 54.4 Å². The highest BCUT2D eigenvalue weighted by Crippen LogP contribution is 2.26. The molecule has 110 valence electrons. The minimum Gasteiger partial charge on any atom is -0.388 e. The molecule has 0 atom stereocenters. The number of carbonyl (C=O) groups excluding carboxylic acids is 1. The van der Waals surface area contributed by atoms with Crippen molar-refractivity contribution >= 4 is 17.5 Å². The second-order valence-corrected chi connectivity index (χ2v) is 6.21. The van der Waals surface area contributed by atoms with E-state index < -0.39 is 5.60 Å². The van der Waals surface area contributed by atoms with Gasteiger partial charge in [0.05, 0.1) is 16.2 Å². The van der Waals surface area contributed by atoms with E-state index in [-0.39, 0.29) is 5.91 Å². The van der Waals surface area contributed by atoms with Gasteiger partial charge in [0, 0.05) is 6.54 Å². The Hall–Kier alpha value is -1.06. The number of aryl methyl sites for hydroxylation is 1. The Morgan fingerprint density at radius 3 is 2.55 bits per heavy atom. The number of hydrogen-bond acceptors (Lipinski definition) is 2. The quantitative estimate of drug-likeness (QED) is 0.839. The molecular weight excluding hydrogens is 274 g/mol. The summed E-state index contributed by atoms with van der Waals surface area (Å²) in [4.78, 5) is 12.1. The largest absolute Gasteiger partial charge is 0.388 e. The maximum atomic E-state index is 12.1. The van der Waals surface area contributed by atoms with Crippen molar-refractivity contribution in [1.82, 2.24) is 5.32 Å². The molecular formula is C16H22ClNO2. The van der Waals surface area contributed by atoms with Crippen molar-refractivity contribution in [2.24, 2.45) is 0 Å². The van der Waals surface area contributed by atoms with E-state index in [1.807, 2.05) is 13.0 Å². The van der Waals surface area contributed by atoms with Gasteiger partial charge in [-0.3, -0.25) is 4.79 Å². The van der Waals surface area contributed by atoms with Gasteiger partial charge in [-0.1, -0.05) is 43.4 Å². The summed E-state index contributed by atoms with van der Waals surface area (Å²) in [6.45, 7) is 2.23. The second kappa shape index (κ2) is 6.59. The fourth-order valence-electron chi connectivity index (χ4n) is 2.71. The topological polar surface area (TPSA) is 49.3 Å². The highest BCUT2D eigenvalue weighted by Gasteiger charge is 2.28. The van der Waals surface area contributed by atoms with Crippen molar-refractivity contribution in [1.29, 1.82) is 0 Å². The van der Waals surface area contributed by atoms with Gasteiger partial charge in [-0.15, -0.1) is 0 Å². The molecule has 0 bridgehead atoms. The molecule has 1 saturated carbocycles. The molecule has 0 radical (unpaired) electrons. The monoisotopic (exact) mass is 295 g/mol. The molecule has 0 saturated heterocycles. The van der Waals surface area contributed by atoms with E-state index >= 15 is 0 Å². The molecule has 1 aliphatic carbocycles. The normalized spacial score (nSPS) is 18.4. The first-order chi connectivity index (χ1) is 9.50. The smallest absolute Gasteiger partial charge is 0.252 e. The van der Waals surface area contributed by atoms with E-state index in [0.717, 1.165) is 31.2 Å². The fraction of sp³-hybridized carbons (Fsp3) is 0.562. The van der Waals surface area contributed by atoms with Gasteiger partial charge in [0.1, 0.15) is 0 Å². The van der Waals surface area contributed by atoms with Crippen LogP contribution >= 0.6 is 11.6 Å². The van der Waals surface area contributed by atoms with Gasteiger partial charge in [-0.05, 0) is 37.5 Å². The lowest BCUT2D eigenvalue weighted by Crippen LogP contribution is -2.42. The number of rotatable bonds is 3. The molecule has 2 N–H and O–H groups in total. The summed E-state index contributed by atoms with van der Waals surface area (Å²) < 4.78 is 0. The highest BCUT2D eigenvalue weighted by molar-refractivity contribution is 6.33. The molecule has 1 amide bonds. The Morgan fingerprint density at radius 1 is 1.30 bits per heavy atom. The molecule has 1 aromatic rings. The van der Waals surface area contributed by atoms with Crippen LogP contribution in [0.5, 0.6) is 0 Å². The predicted molar refractivity (Wildman–Crippen MR) is 81.2 cm³/mol. The molecule has 1 aromatic carbocycles. The van der Waals surface area contributed by atoms with Crippen molar-refractivity contribution in [2.45, 2.75) is 51.0 Å². The fourth-order valence-corrected chi connectivity index (χ4v) is 3.03. The van der Waals surface area contributed by atoms with Crippen molar-refractivity contribution < 1.29 is 9.90 Å². The zero-order chi connectivity index (χ0) is 14.6. The van der Waals surface area contributed by atoms with Gasteiger partial charge in [0.15, 0.2) is 0 Å². The Labute approximate surface area is 125 Å². The number of carbonyl (C=O) groups is 1. The maximum absolute atomic E-state index is 12.1. The molecule has 0 unspecified atom stereocenters. The third-order valence-corrected chi connectivity index (χ3v) is 4.29. The number of aliphatic hydroxyl groups is 1. The molecule has 3 nitrogen and oxygen atoms in total. The Bertz CT molecular complexity index is 479. The Balaban J connectivity index is 1.97. The van der Waals surface area contributed by atoms with Crippen LogP contribution in [0.3, 0.4) is 0 Å². The zero-order valence-electron chi connectivity index (χ0n) is 11.9. The molecule has 20 heavy (non-hydrogen) atoms. The number of benzene rings is 1. The van der Waals surface area contributed by atoms with E-state index in [1.54, 1.807) is 12.1 Å². The van der Waals surface area contributed by atoms with Gasteiger partial charge >= 0.3 is 0 Å². The number of hydrogen-bond donors (Lipinski definition) is 2. The Kier molecular flexibility index (Phi) is 5.06. The number of nitrogens with one attached hydrogen (secondary N) is 1. The minimum absolute atomic E-state index is 0.215. The third-order valence-electron chi connectivity index (χ3n) is 3.98. The lowest BCUT2D eigenvalue weighted by molar-refractivity contribution is 0.0246. The lowest BCUT2D eigenvalue weighted by Gasteiger charge is -2.26. The van der Waals surface area contributed by atoms with Crippen molar-refractivity contribution in [2.75, 3.05) is 6.54 Å². The van der Waals surface area contributed by atoms with Gasteiger partial charge in [-0.2, -0.15) is 0 Å². The van der Waals surface area contributed by atoms with Crippen LogP contribution in [0.25, 0.3) is 0 Å². The standard InChI is InChI=1S/C16H22ClNO2/c1-12-6-7-13(14(17)10-12)15(19)18-11-16(20)8-4-2-3-5-9-16/h6-7,10,20H,2-5,8-9,11H2,1H3,(H,18,19). The lowest BCUT2D eigenvalue weighted by atomic mass is 9.94. The van der Waals surface area contributed by atoms with Crippen LogP contribution < -0.4 is 5.32 Å². The molecule has 4 heteroatoms. The summed E-state index contributed by atoms with van der Waals surface area (Å²) in [7, 11) is 0. The van der Waals surface area contributed by atoms with E-state index in [9.17, 15) is 9.90 Å². The SMILES string of the molecule is Cc1ccc(C(=O)NCC2(O)CCCCCC2)c(Cl)c1. The van der Waals surface area contributed by atoms with Gasteiger partial charge in [0.25, 0.3) is 5.91 Å². The van der Waals surface area contributed by atoms with Crippen LogP contribution in [0.15, 0.2) is 18.2 Å². The second-order valence-electron chi connectivity index (χ2n) is 5.80. The number of amides is 1. The first-order valence-electron chi connectivity index (χ1n) is 7.27. The molecule has 0 aliphatic heterocycles. The van der Waals surface area contributed by atoms with Crippen molar-refractivity contribution in [3.8, 4) is 0 Å². The maximum Gasteiger partial charge on any atom is 0.252 e. The average molecular weight is 296 g/mol. The third kappa shape index (κ3) is 3.97. The molecule has 1 aliphatic rings. The van der Waals surface area contributed by atoms with Gasteiger partial charge in [0.2, 0.25) is 0 Å². The zero-order valence-corrected chi connectivity index (χ0v) is 12.7. The van der Waals surface area contributed by atoms with Crippen molar-refractivity contribution in [3.05, 3.63) is 34.3 Å². The van der Waals surface area contributed by atoms with Gasteiger partial charge < -0.3 is 10.4 Å². The number of halogens is 1. The van der Waals surface area contributed by atoms with Gasteiger partial charge in [-0.25, -0.2) is 0 Å². The van der Waals surface area contributed by atoms with E-state index in [2.05, 4.69) is 5.32 Å². The van der Waals surface area contributed by atoms with E-state index in [1.165, 1.54) is 12.8 Å². The average Bonchev–Trinajstić information content (AvgIpc) is 2.61. The minimum atomic E-state index is -0.761. The molecule has 0 heterocycles. The first kappa shape index (κ1) is 15.3. The van der Waals surface area contributed by atoms with Crippen LogP contribution in [0.4, 0.5) is 0 Å². The molecule has 0 aromatic heterocycles. The summed E-state index contributed by atoms with van der Waals surface area (Å²) in [6, 6.07) is 5.36. The molecule has 0 spiro atoms. The van der Waals surface area contributed by atoms with Crippen LogP contribution in [-0.2, 0) is 0 Å². The highest BCUT2D eigenvalue weighted by atomic mass is 35.5. The summed E-state index contributed by atoms with van der Waals surface area (Å²) >= 11 is 6.08. The van der Waals surface area contributed by atoms with E-state index in [4.69, 9.17) is 11.6 Å². The van der Waals surface area contributed by atoms with Crippen molar-refractivity contribution in [3.63, 3.8) is 0 Å². The predicted octanol–water partition coefficient (Wildman–Crippen LogP) is 3.46. The first-order valence-corrected chi connectivity index (χ1v) is 7.65.